The van der Waals surface area contributed by atoms with E-state index in [0.717, 1.165) is 0 Å². The lowest BCUT2D eigenvalue weighted by Crippen LogP contribution is -2.11. The zero-order valence-corrected chi connectivity index (χ0v) is 10.00. The first-order valence-corrected chi connectivity index (χ1v) is 7.09. The van der Waals surface area contributed by atoms with Gasteiger partial charge in [0, 0.05) is 0 Å². The van der Waals surface area contributed by atoms with Crippen molar-refractivity contribution in [2.75, 3.05) is 5.73 Å². The molecule has 0 aliphatic heterocycles. The van der Waals surface area contributed by atoms with E-state index in [-0.39, 0.29) is 0 Å². The van der Waals surface area contributed by atoms with Crippen molar-refractivity contribution in [2.45, 2.75) is 4.90 Å². The first-order chi connectivity index (χ1) is 7.03. The highest BCUT2D eigenvalue weighted by atomic mass is 35.5. The Hall–Kier alpha value is -0.630. The van der Waals surface area contributed by atoms with Crippen LogP contribution in [-0.4, -0.2) is 22.8 Å². The lowest BCUT2D eigenvalue weighted by molar-refractivity contribution is 0.387. The van der Waals surface area contributed by atoms with Gasteiger partial charge in [-0.15, -0.1) is 0 Å². The van der Waals surface area contributed by atoms with Crippen LogP contribution >= 0.6 is 19.2 Å². The van der Waals surface area contributed by atoms with Crippen LogP contribution < -0.4 is 11.0 Å². The fourth-order valence-electron chi connectivity index (χ4n) is 1.01. The van der Waals surface area contributed by atoms with Crippen LogP contribution in [-0.2, 0) is 14.7 Å². The van der Waals surface area contributed by atoms with Crippen LogP contribution in [0, 0.1) is 0 Å². The van der Waals surface area contributed by atoms with Crippen LogP contribution in [0.4, 0.5) is 5.69 Å². The fourth-order valence-corrected chi connectivity index (χ4v) is 2.84. The van der Waals surface area contributed by atoms with Gasteiger partial charge in [0.05, 0.1) is 16.0 Å². The van der Waals surface area contributed by atoms with Gasteiger partial charge in [-0.05, 0) is 12.1 Å². The van der Waals surface area contributed by atoms with Gasteiger partial charge in [-0.3, -0.25) is 9.12 Å². The molecule has 0 aliphatic rings. The largest absolute Gasteiger partial charge is 0.398 e. The number of rotatable bonds is 2. The predicted molar refractivity (Wildman–Crippen MR) is 57.4 cm³/mol. The van der Waals surface area contributed by atoms with E-state index in [1.807, 2.05) is 0 Å². The minimum atomic E-state index is -4.64. The Labute approximate surface area is 95.8 Å². The van der Waals surface area contributed by atoms with Gasteiger partial charge < -0.3 is 15.5 Å². The quantitative estimate of drug-likeness (QED) is 0.340. The van der Waals surface area contributed by atoms with E-state index in [1.54, 1.807) is 0 Å². The van der Waals surface area contributed by atoms with Crippen molar-refractivity contribution < 1.29 is 27.3 Å². The lowest BCUT2D eigenvalue weighted by Gasteiger charge is -2.09. The van der Waals surface area contributed by atoms with E-state index in [9.17, 15) is 13.0 Å². The van der Waals surface area contributed by atoms with Crippen LogP contribution in [0.25, 0.3) is 0 Å². The van der Waals surface area contributed by atoms with Gasteiger partial charge in [0.15, 0.2) is 0 Å². The highest BCUT2D eigenvalue weighted by molar-refractivity contribution is 7.86. The van der Waals surface area contributed by atoms with Crippen LogP contribution in [0.5, 0.6) is 0 Å². The van der Waals surface area contributed by atoms with Crippen molar-refractivity contribution in [1.29, 1.82) is 0 Å². The zero-order valence-electron chi connectivity index (χ0n) is 7.53. The van der Waals surface area contributed by atoms with Crippen LogP contribution in [0.2, 0.25) is 5.02 Å². The molecule has 0 unspecified atom stereocenters. The minimum Gasteiger partial charge on any atom is -0.398 e. The smallest absolute Gasteiger partial charge is 0.357 e. The second kappa shape index (κ2) is 3.99. The van der Waals surface area contributed by atoms with E-state index in [1.165, 1.54) is 0 Å². The van der Waals surface area contributed by atoms with E-state index in [2.05, 4.69) is 0 Å². The third-order valence-electron chi connectivity index (χ3n) is 1.67. The summed E-state index contributed by atoms with van der Waals surface area (Å²) in [7, 11) is -9.22. The molecule has 0 saturated heterocycles. The Bertz CT molecular complexity index is 579. The molecular weight excluding hydrogens is 281 g/mol. The molecule has 0 atom stereocenters. The molecule has 1 aromatic carbocycles. The van der Waals surface area contributed by atoms with Gasteiger partial charge in [-0.1, -0.05) is 11.6 Å². The van der Waals surface area contributed by atoms with Gasteiger partial charge in [0.1, 0.15) is 4.90 Å². The summed E-state index contributed by atoms with van der Waals surface area (Å²) >= 11 is 5.47. The molecule has 0 aliphatic carbocycles. The SMILES string of the molecule is Nc1cc(P(=O)(O)O)c(Cl)cc1S(=O)(=O)O. The highest BCUT2D eigenvalue weighted by Gasteiger charge is 2.25. The highest BCUT2D eigenvalue weighted by Crippen LogP contribution is 2.38. The van der Waals surface area contributed by atoms with Crippen molar-refractivity contribution in [3.05, 3.63) is 17.2 Å². The average Bonchev–Trinajstić information content (AvgIpc) is 2.04. The molecule has 0 saturated carbocycles. The van der Waals surface area contributed by atoms with Crippen molar-refractivity contribution in [1.82, 2.24) is 0 Å². The predicted octanol–water partition coefficient (Wildman–Crippen LogP) is -0.0281. The molecular formula is C6H7ClNO6PS. The number of halogens is 1. The van der Waals surface area contributed by atoms with Crippen molar-refractivity contribution in [3.63, 3.8) is 0 Å². The third kappa shape index (κ3) is 2.73. The number of nitrogens with two attached hydrogens (primary N) is 1. The molecule has 5 N–H and O–H groups in total. The fraction of sp³-hybridized carbons (Fsp3) is 0. The number of hydrogen-bond donors (Lipinski definition) is 4. The van der Waals surface area contributed by atoms with Gasteiger partial charge in [-0.25, -0.2) is 0 Å². The molecule has 90 valence electrons. The summed E-state index contributed by atoms with van der Waals surface area (Å²) in [6, 6.07) is 1.40. The van der Waals surface area contributed by atoms with E-state index < -0.39 is 38.6 Å². The molecule has 0 heterocycles. The first-order valence-electron chi connectivity index (χ1n) is 3.66. The first kappa shape index (κ1) is 13.4. The summed E-state index contributed by atoms with van der Waals surface area (Å²) in [5, 5.41) is -1.09. The van der Waals surface area contributed by atoms with Gasteiger partial charge >= 0.3 is 7.60 Å². The topological polar surface area (TPSA) is 138 Å². The standard InChI is InChI=1S/C6H7ClNO6PS/c7-3-1-6(16(12,13)14)4(8)2-5(3)15(9,10)11/h1-2H,8H2,(H2,9,10,11)(H,12,13,14). The second-order valence-corrected chi connectivity index (χ2v) is 6.23. The Kier molecular flexibility index (Phi) is 3.35. The molecule has 0 aromatic heterocycles. The third-order valence-corrected chi connectivity index (χ3v) is 4.02. The summed E-state index contributed by atoms with van der Waals surface area (Å²) in [6.45, 7) is 0. The molecule has 0 radical (unpaired) electrons. The van der Waals surface area contributed by atoms with Crippen molar-refractivity contribution >= 4 is 40.3 Å². The zero-order chi connectivity index (χ0) is 12.7. The molecule has 0 fully saturated rings. The van der Waals surface area contributed by atoms with Crippen molar-refractivity contribution in [3.8, 4) is 0 Å². The summed E-state index contributed by atoms with van der Waals surface area (Å²) in [6.07, 6.45) is 0. The van der Waals surface area contributed by atoms with E-state index in [0.29, 0.717) is 12.1 Å². The molecule has 1 aromatic rings. The molecule has 1 rings (SSSR count). The summed E-state index contributed by atoms with van der Waals surface area (Å²) in [5.41, 5.74) is 4.74. The number of anilines is 1. The summed E-state index contributed by atoms with van der Waals surface area (Å²) in [5.74, 6) is 0. The number of benzene rings is 1. The Balaban J connectivity index is 3.58. The minimum absolute atomic E-state index is 0.491. The van der Waals surface area contributed by atoms with E-state index >= 15 is 0 Å². The lowest BCUT2D eigenvalue weighted by atomic mass is 10.3. The van der Waals surface area contributed by atoms with Gasteiger partial charge in [0.2, 0.25) is 0 Å². The summed E-state index contributed by atoms with van der Waals surface area (Å²) in [4.78, 5) is 17.0. The van der Waals surface area contributed by atoms with Gasteiger partial charge in [-0.2, -0.15) is 8.42 Å². The monoisotopic (exact) mass is 287 g/mol. The molecule has 10 heteroatoms. The van der Waals surface area contributed by atoms with Crippen LogP contribution in [0.3, 0.4) is 0 Å². The van der Waals surface area contributed by atoms with Gasteiger partial charge in [0.25, 0.3) is 10.1 Å². The maximum absolute atomic E-state index is 10.9. The summed E-state index contributed by atoms with van der Waals surface area (Å²) < 4.78 is 41.2. The maximum atomic E-state index is 10.9. The number of nitrogen functional groups attached to an aromatic ring is 1. The Morgan fingerprint density at radius 1 is 1.31 bits per heavy atom. The molecule has 0 spiro atoms. The van der Waals surface area contributed by atoms with E-state index in [4.69, 9.17) is 31.7 Å². The van der Waals surface area contributed by atoms with Crippen LogP contribution in [0.1, 0.15) is 0 Å². The second-order valence-electron chi connectivity index (χ2n) is 2.86. The normalized spacial score (nSPS) is 12.8. The van der Waals surface area contributed by atoms with Crippen LogP contribution in [0.15, 0.2) is 17.0 Å². The maximum Gasteiger partial charge on any atom is 0.357 e. The molecule has 16 heavy (non-hydrogen) atoms. The molecule has 0 amide bonds. The van der Waals surface area contributed by atoms with Crippen molar-refractivity contribution in [2.24, 2.45) is 0 Å². The Morgan fingerprint density at radius 3 is 2.19 bits per heavy atom. The average molecular weight is 288 g/mol. The molecule has 7 nitrogen and oxygen atoms in total. The Morgan fingerprint density at radius 2 is 1.81 bits per heavy atom. The number of hydrogen-bond acceptors (Lipinski definition) is 4. The molecule has 0 bridgehead atoms.